The Hall–Kier alpha value is -2.90. The van der Waals surface area contributed by atoms with Crippen molar-refractivity contribution in [1.82, 2.24) is 5.32 Å². The van der Waals surface area contributed by atoms with Crippen LogP contribution in [-0.4, -0.2) is 21.4 Å². The summed E-state index contributed by atoms with van der Waals surface area (Å²) in [6.07, 6.45) is 0. The van der Waals surface area contributed by atoms with Crippen LogP contribution in [0, 0.1) is 5.82 Å². The van der Waals surface area contributed by atoms with Crippen LogP contribution in [0.5, 0.6) is 0 Å². The first-order valence-corrected chi connectivity index (χ1v) is 10.5. The molecule has 5 nitrogen and oxygen atoms in total. The summed E-state index contributed by atoms with van der Waals surface area (Å²) in [5.41, 5.74) is 0.696. The molecular formula is C21H18ClFN2O3S. The Balaban J connectivity index is 1.84. The summed E-state index contributed by atoms with van der Waals surface area (Å²) in [5.74, 6) is -0.966. The summed E-state index contributed by atoms with van der Waals surface area (Å²) in [7, 11) is -2.40. The van der Waals surface area contributed by atoms with Crippen molar-refractivity contribution in [2.45, 2.75) is 11.4 Å². The smallest absolute Gasteiger partial charge is 0.264 e. The van der Waals surface area contributed by atoms with Crippen molar-refractivity contribution in [3.05, 3.63) is 94.8 Å². The first-order chi connectivity index (χ1) is 13.8. The van der Waals surface area contributed by atoms with E-state index >= 15 is 0 Å². The highest BCUT2D eigenvalue weighted by Gasteiger charge is 2.22. The van der Waals surface area contributed by atoms with Crippen LogP contribution in [0.4, 0.5) is 10.1 Å². The molecule has 0 spiro atoms. The van der Waals surface area contributed by atoms with Crippen LogP contribution in [0.2, 0.25) is 5.02 Å². The number of halogens is 2. The average Bonchev–Trinajstić information content (AvgIpc) is 2.73. The summed E-state index contributed by atoms with van der Waals surface area (Å²) in [4.78, 5) is 12.7. The highest BCUT2D eigenvalue weighted by atomic mass is 35.5. The van der Waals surface area contributed by atoms with Crippen LogP contribution in [-0.2, 0) is 16.6 Å². The Kier molecular flexibility index (Phi) is 6.20. The Morgan fingerprint density at radius 2 is 1.69 bits per heavy atom. The molecule has 0 saturated heterocycles. The van der Waals surface area contributed by atoms with Gasteiger partial charge in [-0.05, 0) is 36.4 Å². The number of benzene rings is 3. The van der Waals surface area contributed by atoms with Crippen molar-refractivity contribution in [3.8, 4) is 0 Å². The van der Waals surface area contributed by atoms with Gasteiger partial charge in [0.25, 0.3) is 15.9 Å². The van der Waals surface area contributed by atoms with E-state index in [9.17, 15) is 17.6 Å². The summed E-state index contributed by atoms with van der Waals surface area (Å²) < 4.78 is 40.4. The number of amides is 1. The largest absolute Gasteiger partial charge is 0.348 e. The molecule has 0 aromatic heterocycles. The molecule has 8 heteroatoms. The van der Waals surface area contributed by atoms with E-state index in [0.29, 0.717) is 5.56 Å². The van der Waals surface area contributed by atoms with E-state index in [0.717, 1.165) is 4.31 Å². The van der Waals surface area contributed by atoms with Crippen molar-refractivity contribution >= 4 is 33.2 Å². The van der Waals surface area contributed by atoms with E-state index in [1.807, 2.05) is 0 Å². The van der Waals surface area contributed by atoms with Gasteiger partial charge in [0.1, 0.15) is 5.82 Å². The number of nitrogens with one attached hydrogen (secondary N) is 1. The molecule has 1 amide bonds. The lowest BCUT2D eigenvalue weighted by Crippen LogP contribution is -2.28. The molecule has 0 radical (unpaired) electrons. The van der Waals surface area contributed by atoms with Crippen molar-refractivity contribution in [1.29, 1.82) is 0 Å². The Morgan fingerprint density at radius 1 is 1.03 bits per heavy atom. The van der Waals surface area contributed by atoms with Gasteiger partial charge in [0.05, 0.1) is 21.2 Å². The van der Waals surface area contributed by atoms with Gasteiger partial charge in [-0.25, -0.2) is 12.8 Å². The second kappa shape index (κ2) is 8.63. The third kappa shape index (κ3) is 4.58. The lowest BCUT2D eigenvalue weighted by molar-refractivity contribution is 0.0950. The zero-order valence-corrected chi connectivity index (χ0v) is 17.0. The fraction of sp³-hybridized carbons (Fsp3) is 0.0952. The molecule has 0 aliphatic rings. The van der Waals surface area contributed by atoms with Gasteiger partial charge in [-0.3, -0.25) is 9.10 Å². The van der Waals surface area contributed by atoms with Crippen LogP contribution in [0.15, 0.2) is 77.7 Å². The van der Waals surface area contributed by atoms with Gasteiger partial charge < -0.3 is 5.32 Å². The molecule has 3 rings (SSSR count). The SMILES string of the molecule is CN(c1ccc(Cl)c(C(=O)NCc2ccccc2F)c1)S(=O)(=O)c1ccccc1. The lowest BCUT2D eigenvalue weighted by Gasteiger charge is -2.20. The topological polar surface area (TPSA) is 66.5 Å². The average molecular weight is 433 g/mol. The monoisotopic (exact) mass is 432 g/mol. The van der Waals surface area contributed by atoms with Crippen LogP contribution in [0.25, 0.3) is 0 Å². The molecule has 0 atom stereocenters. The molecule has 0 heterocycles. The molecule has 0 aliphatic heterocycles. The minimum Gasteiger partial charge on any atom is -0.348 e. The number of carbonyl (C=O) groups excluding carboxylic acids is 1. The molecule has 3 aromatic carbocycles. The van der Waals surface area contributed by atoms with Crippen molar-refractivity contribution in [2.75, 3.05) is 11.4 Å². The third-order valence-electron chi connectivity index (χ3n) is 4.36. The highest BCUT2D eigenvalue weighted by molar-refractivity contribution is 7.92. The van der Waals surface area contributed by atoms with Crippen LogP contribution in [0.1, 0.15) is 15.9 Å². The van der Waals surface area contributed by atoms with Gasteiger partial charge in [-0.1, -0.05) is 48.0 Å². The van der Waals surface area contributed by atoms with Gasteiger partial charge in [0, 0.05) is 19.2 Å². The quantitative estimate of drug-likeness (QED) is 0.633. The summed E-state index contributed by atoms with van der Waals surface area (Å²) >= 11 is 6.14. The Labute approximate surface area is 173 Å². The van der Waals surface area contributed by atoms with Crippen molar-refractivity contribution < 1.29 is 17.6 Å². The van der Waals surface area contributed by atoms with Crippen molar-refractivity contribution in [2.24, 2.45) is 0 Å². The van der Waals surface area contributed by atoms with Crippen LogP contribution >= 0.6 is 11.6 Å². The van der Waals surface area contributed by atoms with Gasteiger partial charge in [0.2, 0.25) is 0 Å². The van der Waals surface area contributed by atoms with E-state index in [-0.39, 0.29) is 27.7 Å². The van der Waals surface area contributed by atoms with E-state index in [2.05, 4.69) is 5.32 Å². The number of hydrogen-bond acceptors (Lipinski definition) is 3. The fourth-order valence-electron chi connectivity index (χ4n) is 2.68. The van der Waals surface area contributed by atoms with Gasteiger partial charge in [-0.15, -0.1) is 0 Å². The van der Waals surface area contributed by atoms with Crippen LogP contribution in [0.3, 0.4) is 0 Å². The number of hydrogen-bond donors (Lipinski definition) is 1. The van der Waals surface area contributed by atoms with Crippen LogP contribution < -0.4 is 9.62 Å². The molecule has 1 N–H and O–H groups in total. The maximum absolute atomic E-state index is 13.7. The molecule has 3 aromatic rings. The number of rotatable bonds is 6. The molecule has 150 valence electrons. The second-order valence-corrected chi connectivity index (χ2v) is 8.60. The molecule has 0 bridgehead atoms. The van der Waals surface area contributed by atoms with E-state index in [1.54, 1.807) is 36.4 Å². The number of nitrogens with zero attached hydrogens (tertiary/aromatic N) is 1. The standard InChI is InChI=1S/C21H18ClFN2O3S/c1-25(29(27,28)17-8-3-2-4-9-17)16-11-12-19(22)18(13-16)21(26)24-14-15-7-5-6-10-20(15)23/h2-13H,14H2,1H3,(H,24,26). The molecule has 29 heavy (non-hydrogen) atoms. The predicted molar refractivity (Wildman–Crippen MR) is 111 cm³/mol. The lowest BCUT2D eigenvalue weighted by atomic mass is 10.1. The minimum absolute atomic E-state index is 0.0236. The zero-order valence-electron chi connectivity index (χ0n) is 15.5. The predicted octanol–water partition coefficient (Wildman–Crippen LogP) is 4.23. The fourth-order valence-corrected chi connectivity index (χ4v) is 4.10. The maximum atomic E-state index is 13.7. The first-order valence-electron chi connectivity index (χ1n) is 8.66. The van der Waals surface area contributed by atoms with Gasteiger partial charge >= 0.3 is 0 Å². The van der Waals surface area contributed by atoms with Gasteiger partial charge in [0.15, 0.2) is 0 Å². The molecular weight excluding hydrogens is 415 g/mol. The van der Waals surface area contributed by atoms with E-state index in [4.69, 9.17) is 11.6 Å². The summed E-state index contributed by atoms with van der Waals surface area (Å²) in [5, 5.41) is 2.76. The normalized spacial score (nSPS) is 11.1. The van der Waals surface area contributed by atoms with Crippen molar-refractivity contribution in [3.63, 3.8) is 0 Å². The van der Waals surface area contributed by atoms with E-state index in [1.165, 1.54) is 43.4 Å². The summed E-state index contributed by atoms with van der Waals surface area (Å²) in [6, 6.07) is 18.4. The molecule has 0 aliphatic carbocycles. The first kappa shape index (κ1) is 20.8. The number of carbonyl (C=O) groups is 1. The molecule has 0 saturated carbocycles. The molecule has 0 fully saturated rings. The minimum atomic E-state index is -3.80. The molecule has 0 unspecified atom stereocenters. The second-order valence-electron chi connectivity index (χ2n) is 6.22. The Bertz CT molecular complexity index is 1140. The number of sulfonamides is 1. The van der Waals surface area contributed by atoms with E-state index < -0.39 is 21.7 Å². The van der Waals surface area contributed by atoms with Gasteiger partial charge in [-0.2, -0.15) is 0 Å². The zero-order chi connectivity index (χ0) is 21.0. The highest BCUT2D eigenvalue weighted by Crippen LogP contribution is 2.27. The number of anilines is 1. The Morgan fingerprint density at radius 3 is 2.38 bits per heavy atom. The third-order valence-corrected chi connectivity index (χ3v) is 6.49. The summed E-state index contributed by atoms with van der Waals surface area (Å²) in [6.45, 7) is -0.0236. The maximum Gasteiger partial charge on any atom is 0.264 e.